The van der Waals surface area contributed by atoms with Gasteiger partial charge in [-0.05, 0) is 66.3 Å². The molecule has 3 N–H and O–H groups in total. The van der Waals surface area contributed by atoms with Crippen LogP contribution in [0.1, 0.15) is 58.6 Å². The van der Waals surface area contributed by atoms with Crippen molar-refractivity contribution in [2.75, 3.05) is 5.32 Å². The molecule has 204 valence electrons. The van der Waals surface area contributed by atoms with Crippen molar-refractivity contribution < 1.29 is 22.4 Å². The highest BCUT2D eigenvalue weighted by atomic mass is 19.4. The molecule has 1 atom stereocenters. The topological polar surface area (TPSA) is 110 Å². The summed E-state index contributed by atoms with van der Waals surface area (Å²) < 4.78 is 56.4. The van der Waals surface area contributed by atoms with Crippen LogP contribution >= 0.6 is 0 Å². The standard InChI is InChI=1S/C29H24F4N6O/c30-23-9-8-20(28(35,11-10-18-6-7-18)21-4-2-12-36-17-21)14-24(23)37-27(40)25-15-26(29(31,32)33)38-39(25)22-5-1-3-19(13-22)16-34/h1-5,8-9,12-15,17-18H,6-7,10-11,35H2,(H,37,40). The number of nitrogens with two attached hydrogens (primary N) is 1. The SMILES string of the molecule is N#Cc1cccc(-n2nc(C(F)(F)F)cc2C(=O)Nc2cc(C(N)(CCC3CC3)c3cccnc3)ccc2F)c1. The predicted octanol–water partition coefficient (Wildman–Crippen LogP) is 5.94. The molecule has 1 fully saturated rings. The Balaban J connectivity index is 1.52. The number of rotatable bonds is 8. The molecule has 1 amide bonds. The van der Waals surface area contributed by atoms with Gasteiger partial charge in [-0.15, -0.1) is 0 Å². The van der Waals surface area contributed by atoms with Crippen LogP contribution in [0.15, 0.2) is 73.1 Å². The average molecular weight is 549 g/mol. The first kappa shape index (κ1) is 27.0. The molecule has 40 heavy (non-hydrogen) atoms. The van der Waals surface area contributed by atoms with Gasteiger partial charge >= 0.3 is 6.18 Å². The Kier molecular flexibility index (Phi) is 7.12. The third kappa shape index (κ3) is 5.58. The van der Waals surface area contributed by atoms with Crippen molar-refractivity contribution in [1.29, 1.82) is 5.26 Å². The van der Waals surface area contributed by atoms with E-state index >= 15 is 0 Å². The second kappa shape index (κ2) is 10.5. The maximum atomic E-state index is 15.0. The van der Waals surface area contributed by atoms with E-state index in [1.807, 2.05) is 12.1 Å². The molecule has 0 aliphatic heterocycles. The predicted molar refractivity (Wildman–Crippen MR) is 139 cm³/mol. The van der Waals surface area contributed by atoms with E-state index in [9.17, 15) is 27.6 Å². The summed E-state index contributed by atoms with van der Waals surface area (Å²) in [5, 5.41) is 15.1. The van der Waals surface area contributed by atoms with Gasteiger partial charge in [0.05, 0.1) is 28.5 Å². The van der Waals surface area contributed by atoms with Crippen molar-refractivity contribution in [1.82, 2.24) is 14.8 Å². The van der Waals surface area contributed by atoms with Crippen LogP contribution in [-0.2, 0) is 11.7 Å². The number of hydrogen-bond acceptors (Lipinski definition) is 5. The number of benzene rings is 2. The highest BCUT2D eigenvalue weighted by Crippen LogP contribution is 2.40. The van der Waals surface area contributed by atoms with Crippen LogP contribution in [0.5, 0.6) is 0 Å². The molecule has 2 aromatic carbocycles. The van der Waals surface area contributed by atoms with Gasteiger partial charge in [0, 0.05) is 18.5 Å². The van der Waals surface area contributed by atoms with Gasteiger partial charge in [0.1, 0.15) is 11.5 Å². The number of pyridine rings is 1. The fraction of sp³-hybridized carbons (Fsp3) is 0.241. The Morgan fingerprint density at radius 3 is 2.58 bits per heavy atom. The van der Waals surface area contributed by atoms with Gasteiger partial charge in [0.25, 0.3) is 5.91 Å². The lowest BCUT2D eigenvalue weighted by atomic mass is 9.80. The first-order valence-electron chi connectivity index (χ1n) is 12.6. The number of anilines is 1. The first-order chi connectivity index (χ1) is 19.1. The van der Waals surface area contributed by atoms with Gasteiger partial charge in [0.2, 0.25) is 0 Å². The Morgan fingerprint density at radius 1 is 1.10 bits per heavy atom. The molecule has 0 spiro atoms. The number of aromatic nitrogens is 3. The molecule has 5 rings (SSSR count). The molecule has 7 nitrogen and oxygen atoms in total. The zero-order chi connectivity index (χ0) is 28.5. The van der Waals surface area contributed by atoms with E-state index in [2.05, 4.69) is 15.4 Å². The lowest BCUT2D eigenvalue weighted by Crippen LogP contribution is -2.38. The summed E-state index contributed by atoms with van der Waals surface area (Å²) in [6.45, 7) is 0. The number of nitriles is 1. The molecule has 1 aliphatic carbocycles. The molecule has 1 unspecified atom stereocenters. The monoisotopic (exact) mass is 548 g/mol. The normalized spacial score (nSPS) is 14.8. The number of carbonyl (C=O) groups is 1. The van der Waals surface area contributed by atoms with Crippen molar-refractivity contribution in [2.45, 2.75) is 37.4 Å². The number of carbonyl (C=O) groups excluding carboxylic acids is 1. The van der Waals surface area contributed by atoms with Crippen LogP contribution in [0, 0.1) is 23.1 Å². The molecule has 2 heterocycles. The third-order valence-corrected chi connectivity index (χ3v) is 7.00. The van der Waals surface area contributed by atoms with Crippen LogP contribution in [-0.4, -0.2) is 20.7 Å². The van der Waals surface area contributed by atoms with E-state index in [0.717, 1.165) is 30.0 Å². The Labute approximate surface area is 227 Å². The quantitative estimate of drug-likeness (QED) is 0.265. The third-order valence-electron chi connectivity index (χ3n) is 7.00. The maximum Gasteiger partial charge on any atom is 0.435 e. The summed E-state index contributed by atoms with van der Waals surface area (Å²) in [5.74, 6) is -1.24. The van der Waals surface area contributed by atoms with Gasteiger partial charge in [-0.25, -0.2) is 9.07 Å². The van der Waals surface area contributed by atoms with Gasteiger partial charge < -0.3 is 11.1 Å². The molecule has 0 radical (unpaired) electrons. The minimum absolute atomic E-state index is 0.0616. The minimum Gasteiger partial charge on any atom is -0.318 e. The van der Waals surface area contributed by atoms with Gasteiger partial charge in [0.15, 0.2) is 5.69 Å². The average Bonchev–Trinajstić information content (AvgIpc) is 3.67. The highest BCUT2D eigenvalue weighted by molar-refractivity contribution is 6.03. The summed E-state index contributed by atoms with van der Waals surface area (Å²) in [7, 11) is 0. The van der Waals surface area contributed by atoms with Crippen LogP contribution < -0.4 is 11.1 Å². The lowest BCUT2D eigenvalue weighted by molar-refractivity contribution is -0.141. The molecule has 2 aromatic heterocycles. The zero-order valence-electron chi connectivity index (χ0n) is 21.1. The van der Waals surface area contributed by atoms with Crippen molar-refractivity contribution in [3.63, 3.8) is 0 Å². The highest BCUT2D eigenvalue weighted by Gasteiger charge is 2.37. The van der Waals surface area contributed by atoms with Crippen LogP contribution in [0.25, 0.3) is 5.69 Å². The first-order valence-corrected chi connectivity index (χ1v) is 12.6. The molecule has 1 aliphatic rings. The van der Waals surface area contributed by atoms with Gasteiger partial charge in [-0.1, -0.05) is 31.0 Å². The Bertz CT molecular complexity index is 1590. The largest absolute Gasteiger partial charge is 0.435 e. The number of nitrogens with zero attached hydrogens (tertiary/aromatic N) is 4. The van der Waals surface area contributed by atoms with E-state index in [0.29, 0.717) is 29.5 Å². The summed E-state index contributed by atoms with van der Waals surface area (Å²) in [4.78, 5) is 17.5. The van der Waals surface area contributed by atoms with Crippen molar-refractivity contribution in [2.24, 2.45) is 11.7 Å². The molecular weight excluding hydrogens is 524 g/mol. The fourth-order valence-electron chi connectivity index (χ4n) is 4.59. The van der Waals surface area contributed by atoms with Crippen molar-refractivity contribution in [3.8, 4) is 11.8 Å². The minimum atomic E-state index is -4.84. The van der Waals surface area contributed by atoms with Crippen LogP contribution in [0.3, 0.4) is 0 Å². The molecule has 11 heteroatoms. The molecule has 0 saturated heterocycles. The number of alkyl halides is 3. The zero-order valence-corrected chi connectivity index (χ0v) is 21.1. The maximum absolute atomic E-state index is 15.0. The van der Waals surface area contributed by atoms with Gasteiger partial charge in [-0.3, -0.25) is 9.78 Å². The van der Waals surface area contributed by atoms with E-state index in [4.69, 9.17) is 5.73 Å². The Hall–Kier alpha value is -4.56. The smallest absolute Gasteiger partial charge is 0.318 e. The van der Waals surface area contributed by atoms with E-state index in [1.165, 1.54) is 36.4 Å². The number of halogens is 4. The second-order valence-electron chi connectivity index (χ2n) is 9.83. The number of nitrogens with one attached hydrogen (secondary N) is 1. The van der Waals surface area contributed by atoms with Crippen LogP contribution in [0.2, 0.25) is 0 Å². The van der Waals surface area contributed by atoms with Gasteiger partial charge in [-0.2, -0.15) is 23.5 Å². The lowest BCUT2D eigenvalue weighted by Gasteiger charge is -2.31. The molecule has 0 bridgehead atoms. The summed E-state index contributed by atoms with van der Waals surface area (Å²) in [6.07, 6.45) is 2.07. The fourth-order valence-corrected chi connectivity index (χ4v) is 4.59. The summed E-state index contributed by atoms with van der Waals surface area (Å²) in [6, 6.07) is 15.8. The number of amides is 1. The van der Waals surface area contributed by atoms with Crippen molar-refractivity contribution in [3.05, 3.63) is 107 Å². The van der Waals surface area contributed by atoms with E-state index in [1.54, 1.807) is 18.5 Å². The second-order valence-corrected chi connectivity index (χ2v) is 9.83. The molecule has 1 saturated carbocycles. The van der Waals surface area contributed by atoms with E-state index < -0.39 is 34.8 Å². The number of hydrogen-bond donors (Lipinski definition) is 2. The van der Waals surface area contributed by atoms with Crippen LogP contribution in [0.4, 0.5) is 23.2 Å². The van der Waals surface area contributed by atoms with Crippen molar-refractivity contribution >= 4 is 11.6 Å². The summed E-state index contributed by atoms with van der Waals surface area (Å²) in [5.41, 5.74) is 5.28. The van der Waals surface area contributed by atoms with E-state index in [-0.39, 0.29) is 16.9 Å². The Morgan fingerprint density at radius 2 is 1.90 bits per heavy atom. The molecule has 4 aromatic rings. The summed E-state index contributed by atoms with van der Waals surface area (Å²) >= 11 is 0. The molecular formula is C29H24F4N6O.